The molecule has 2 rings (SSSR count). The first-order valence-electron chi connectivity index (χ1n) is 6.86. The third kappa shape index (κ3) is 2.83. The second kappa shape index (κ2) is 5.38. The lowest BCUT2D eigenvalue weighted by atomic mass is 9.94. The fourth-order valence-electron chi connectivity index (χ4n) is 3.13. The summed E-state index contributed by atoms with van der Waals surface area (Å²) in [6, 6.07) is 0.351. The summed E-state index contributed by atoms with van der Waals surface area (Å²) in [5.74, 6) is 0.835. The Balaban J connectivity index is 0.00000162. The number of nitrogens with one attached hydrogen (secondary N) is 2. The number of rotatable bonds is 3. The van der Waals surface area contributed by atoms with Crippen LogP contribution in [0.3, 0.4) is 0 Å². The molecule has 0 radical (unpaired) electrons. The highest BCUT2D eigenvalue weighted by atomic mass is 35.5. The molecule has 0 spiro atoms. The Morgan fingerprint density at radius 2 is 1.67 bits per heavy atom. The molecule has 18 heavy (non-hydrogen) atoms. The average molecular weight is 275 g/mol. The van der Waals surface area contributed by atoms with E-state index in [0.29, 0.717) is 18.4 Å². The molecule has 0 aromatic carbocycles. The van der Waals surface area contributed by atoms with E-state index in [0.717, 1.165) is 25.9 Å². The predicted molar refractivity (Wildman–Crippen MR) is 77.0 cm³/mol. The molecule has 106 valence electrons. The maximum Gasteiger partial charge on any atom is 0.220 e. The predicted octanol–water partition coefficient (Wildman–Crippen LogP) is 2.35. The van der Waals surface area contributed by atoms with Crippen LogP contribution in [0.25, 0.3) is 0 Å². The number of halogens is 1. The molecule has 1 aliphatic heterocycles. The summed E-state index contributed by atoms with van der Waals surface area (Å²) in [5, 5.41) is 6.56. The maximum absolute atomic E-state index is 12.0. The minimum Gasteiger partial charge on any atom is -0.352 e. The van der Waals surface area contributed by atoms with Gasteiger partial charge in [-0.2, -0.15) is 0 Å². The van der Waals surface area contributed by atoms with Gasteiger partial charge in [-0.1, -0.05) is 27.7 Å². The maximum atomic E-state index is 12.0. The molecule has 0 aromatic rings. The van der Waals surface area contributed by atoms with Crippen molar-refractivity contribution in [2.45, 2.75) is 53.0 Å². The van der Waals surface area contributed by atoms with Crippen molar-refractivity contribution < 1.29 is 4.79 Å². The smallest absolute Gasteiger partial charge is 0.220 e. The molecule has 1 amide bonds. The molecule has 0 aromatic heterocycles. The zero-order valence-corrected chi connectivity index (χ0v) is 12.8. The normalized spacial score (nSPS) is 26.2. The third-order valence-electron chi connectivity index (χ3n) is 5.26. The van der Waals surface area contributed by atoms with E-state index in [9.17, 15) is 4.79 Å². The van der Waals surface area contributed by atoms with E-state index in [1.807, 2.05) is 0 Å². The highest BCUT2D eigenvalue weighted by molar-refractivity contribution is 5.85. The monoisotopic (exact) mass is 274 g/mol. The van der Waals surface area contributed by atoms with Crippen molar-refractivity contribution in [3.05, 3.63) is 0 Å². The number of piperidine rings is 1. The molecule has 0 unspecified atom stereocenters. The summed E-state index contributed by atoms with van der Waals surface area (Å²) in [6.45, 7) is 11.1. The summed E-state index contributed by atoms with van der Waals surface area (Å²) >= 11 is 0. The summed E-state index contributed by atoms with van der Waals surface area (Å²) in [5.41, 5.74) is 0.494. The van der Waals surface area contributed by atoms with Crippen molar-refractivity contribution in [3.63, 3.8) is 0 Å². The van der Waals surface area contributed by atoms with Crippen LogP contribution in [0.15, 0.2) is 0 Å². The van der Waals surface area contributed by atoms with E-state index in [1.54, 1.807) is 0 Å². The van der Waals surface area contributed by atoms with Gasteiger partial charge in [0, 0.05) is 12.5 Å². The second-order valence-corrected chi connectivity index (χ2v) is 6.84. The molecule has 0 atom stereocenters. The van der Waals surface area contributed by atoms with Gasteiger partial charge in [-0.05, 0) is 42.7 Å². The second-order valence-electron chi connectivity index (χ2n) is 6.84. The van der Waals surface area contributed by atoms with Crippen LogP contribution in [0.1, 0.15) is 47.0 Å². The molecule has 1 saturated carbocycles. The number of hydrogen-bond acceptors (Lipinski definition) is 2. The van der Waals surface area contributed by atoms with E-state index in [4.69, 9.17) is 0 Å². The topological polar surface area (TPSA) is 41.1 Å². The van der Waals surface area contributed by atoms with Gasteiger partial charge in [-0.15, -0.1) is 12.4 Å². The van der Waals surface area contributed by atoms with Gasteiger partial charge in [-0.3, -0.25) is 4.79 Å². The van der Waals surface area contributed by atoms with E-state index in [1.165, 1.54) is 0 Å². The molecule has 1 heterocycles. The Morgan fingerprint density at radius 1 is 1.17 bits per heavy atom. The minimum atomic E-state index is 0. The lowest BCUT2D eigenvalue weighted by molar-refractivity contribution is -0.122. The molecule has 3 nitrogen and oxygen atoms in total. The lowest BCUT2D eigenvalue weighted by Gasteiger charge is -2.22. The third-order valence-corrected chi connectivity index (χ3v) is 5.26. The van der Waals surface area contributed by atoms with Crippen LogP contribution in [0, 0.1) is 16.7 Å². The van der Waals surface area contributed by atoms with Crippen molar-refractivity contribution in [1.82, 2.24) is 10.6 Å². The highest BCUT2D eigenvalue weighted by Gasteiger charge is 2.65. The van der Waals surface area contributed by atoms with Gasteiger partial charge in [0.2, 0.25) is 5.91 Å². The van der Waals surface area contributed by atoms with E-state index >= 15 is 0 Å². The van der Waals surface area contributed by atoms with Gasteiger partial charge in [0.15, 0.2) is 0 Å². The van der Waals surface area contributed by atoms with Crippen molar-refractivity contribution in [1.29, 1.82) is 0 Å². The highest BCUT2D eigenvalue weighted by Crippen LogP contribution is 2.62. The quantitative estimate of drug-likeness (QED) is 0.830. The van der Waals surface area contributed by atoms with Crippen LogP contribution >= 0.6 is 12.4 Å². The minimum absolute atomic E-state index is 0. The van der Waals surface area contributed by atoms with Gasteiger partial charge in [0.05, 0.1) is 0 Å². The van der Waals surface area contributed by atoms with Gasteiger partial charge in [0.25, 0.3) is 0 Å². The molecule has 2 N–H and O–H groups in total. The molecule has 1 saturated heterocycles. The molecule has 0 bridgehead atoms. The van der Waals surface area contributed by atoms with Crippen molar-refractivity contribution in [2.24, 2.45) is 16.7 Å². The molecule has 2 fully saturated rings. The van der Waals surface area contributed by atoms with E-state index < -0.39 is 0 Å². The van der Waals surface area contributed by atoms with Crippen LogP contribution in [-0.4, -0.2) is 25.0 Å². The summed E-state index contributed by atoms with van der Waals surface area (Å²) < 4.78 is 0. The Bertz CT molecular complexity index is 295. The largest absolute Gasteiger partial charge is 0.352 e. The van der Waals surface area contributed by atoms with Gasteiger partial charge in [-0.25, -0.2) is 0 Å². The van der Waals surface area contributed by atoms with Crippen LogP contribution in [0.2, 0.25) is 0 Å². The summed E-state index contributed by atoms with van der Waals surface area (Å²) in [4.78, 5) is 12.0. The Kier molecular flexibility index (Phi) is 4.71. The first-order valence-corrected chi connectivity index (χ1v) is 6.86. The molecule has 4 heteroatoms. The summed E-state index contributed by atoms with van der Waals surface area (Å²) in [7, 11) is 0. The Morgan fingerprint density at radius 3 is 2.11 bits per heavy atom. The number of carbonyl (C=O) groups excluding carboxylic acids is 1. The standard InChI is InChI=1S/C14H26N2O.ClH/c1-13(2)12(14(13,3)4)16-11(17)9-10-5-7-15-8-6-10;/h10,12,15H,5-9H2,1-4H3,(H,16,17);1H. The first-order chi connectivity index (χ1) is 7.85. The number of hydrogen-bond donors (Lipinski definition) is 2. The lowest BCUT2D eigenvalue weighted by Crippen LogP contribution is -2.34. The van der Waals surface area contributed by atoms with Crippen LogP contribution in [0.5, 0.6) is 0 Å². The number of carbonyl (C=O) groups is 1. The van der Waals surface area contributed by atoms with Crippen molar-refractivity contribution in [2.75, 3.05) is 13.1 Å². The zero-order chi connectivity index (χ0) is 12.7. The van der Waals surface area contributed by atoms with E-state index in [2.05, 4.69) is 38.3 Å². The Hall–Kier alpha value is -0.280. The van der Waals surface area contributed by atoms with Crippen LogP contribution in [-0.2, 0) is 4.79 Å². The molecular weight excluding hydrogens is 248 g/mol. The van der Waals surface area contributed by atoms with Crippen LogP contribution < -0.4 is 10.6 Å². The Labute approximate surface area is 117 Å². The molecule has 1 aliphatic carbocycles. The van der Waals surface area contributed by atoms with E-state index in [-0.39, 0.29) is 29.1 Å². The van der Waals surface area contributed by atoms with Crippen LogP contribution in [0.4, 0.5) is 0 Å². The molecule has 2 aliphatic rings. The summed E-state index contributed by atoms with van der Waals surface area (Å²) in [6.07, 6.45) is 3.00. The fraction of sp³-hybridized carbons (Fsp3) is 0.929. The average Bonchev–Trinajstić information content (AvgIpc) is 2.62. The van der Waals surface area contributed by atoms with Gasteiger partial charge >= 0.3 is 0 Å². The SMILES string of the molecule is CC1(C)C(NC(=O)CC2CCNCC2)C1(C)C.Cl. The van der Waals surface area contributed by atoms with Gasteiger partial charge in [0.1, 0.15) is 0 Å². The first kappa shape index (κ1) is 15.8. The zero-order valence-electron chi connectivity index (χ0n) is 12.0. The van der Waals surface area contributed by atoms with Crippen molar-refractivity contribution >= 4 is 18.3 Å². The molecular formula is C14H27ClN2O. The van der Waals surface area contributed by atoms with Gasteiger partial charge < -0.3 is 10.6 Å². The van der Waals surface area contributed by atoms with Crippen molar-refractivity contribution in [3.8, 4) is 0 Å². The fourth-order valence-corrected chi connectivity index (χ4v) is 3.13. The number of amides is 1.